The third-order valence-electron chi connectivity index (χ3n) is 5.25. The maximum atomic E-state index is 12.8. The third-order valence-corrected chi connectivity index (χ3v) is 5.25. The Hall–Kier alpha value is -3.39. The van der Waals surface area contributed by atoms with Crippen molar-refractivity contribution in [3.05, 3.63) is 71.8 Å². The monoisotopic (exact) mass is 440 g/mol. The molecule has 2 aromatic carbocycles. The number of amides is 2. The van der Waals surface area contributed by atoms with Gasteiger partial charge in [-0.15, -0.1) is 0 Å². The number of nitrogens with one attached hydrogen (secondary N) is 1. The highest BCUT2D eigenvalue weighted by Crippen LogP contribution is 2.19. The molecular formula is C24H28N2O6. The fourth-order valence-corrected chi connectivity index (χ4v) is 3.50. The molecule has 0 bridgehead atoms. The average Bonchev–Trinajstić information content (AvgIpc) is 3.31. The van der Waals surface area contributed by atoms with E-state index in [9.17, 15) is 19.5 Å². The van der Waals surface area contributed by atoms with Crippen LogP contribution < -0.4 is 5.32 Å². The lowest BCUT2D eigenvalue weighted by Gasteiger charge is -2.26. The van der Waals surface area contributed by atoms with Crippen molar-refractivity contribution in [1.29, 1.82) is 0 Å². The van der Waals surface area contributed by atoms with Crippen LogP contribution >= 0.6 is 0 Å². The predicted octanol–water partition coefficient (Wildman–Crippen LogP) is 2.40. The summed E-state index contributed by atoms with van der Waals surface area (Å²) in [6, 6.07) is 16.3. The van der Waals surface area contributed by atoms with Crippen LogP contribution in [-0.2, 0) is 32.3 Å². The smallest absolute Gasteiger partial charge is 0.410 e. The highest BCUT2D eigenvalue weighted by molar-refractivity contribution is 5.90. The molecule has 1 fully saturated rings. The van der Waals surface area contributed by atoms with Crippen molar-refractivity contribution in [2.45, 2.75) is 51.2 Å². The lowest BCUT2D eigenvalue weighted by atomic mass is 10.1. The van der Waals surface area contributed by atoms with Crippen LogP contribution in [0.1, 0.15) is 30.9 Å². The number of hydrogen-bond acceptors (Lipinski definition) is 6. The van der Waals surface area contributed by atoms with Gasteiger partial charge in [0, 0.05) is 6.54 Å². The van der Waals surface area contributed by atoms with Crippen LogP contribution in [0, 0.1) is 0 Å². The second-order valence-electron chi connectivity index (χ2n) is 7.71. The maximum absolute atomic E-state index is 12.8. The minimum atomic E-state index is -1.24. The highest BCUT2D eigenvalue weighted by atomic mass is 16.6. The van der Waals surface area contributed by atoms with Crippen LogP contribution in [0.15, 0.2) is 60.7 Å². The number of aliphatic hydroxyl groups excluding tert-OH is 1. The summed E-state index contributed by atoms with van der Waals surface area (Å²) in [5.74, 6) is -1.27. The summed E-state index contributed by atoms with van der Waals surface area (Å²) in [5, 5.41) is 12.6. The Balaban J connectivity index is 1.56. The zero-order valence-electron chi connectivity index (χ0n) is 18.0. The summed E-state index contributed by atoms with van der Waals surface area (Å²) in [6.45, 7) is 1.91. The number of benzene rings is 2. The van der Waals surface area contributed by atoms with Gasteiger partial charge in [-0.1, -0.05) is 60.7 Å². The molecule has 0 aromatic heterocycles. The van der Waals surface area contributed by atoms with E-state index >= 15 is 0 Å². The van der Waals surface area contributed by atoms with Crippen LogP contribution in [0.25, 0.3) is 0 Å². The molecular weight excluding hydrogens is 412 g/mol. The van der Waals surface area contributed by atoms with E-state index < -0.39 is 36.2 Å². The summed E-state index contributed by atoms with van der Waals surface area (Å²) in [4.78, 5) is 39.2. The number of nitrogens with zero attached hydrogens (tertiary/aromatic N) is 1. The van der Waals surface area contributed by atoms with Gasteiger partial charge in [-0.2, -0.15) is 0 Å². The summed E-state index contributed by atoms with van der Waals surface area (Å²) in [5.41, 5.74) is 1.64. The van der Waals surface area contributed by atoms with Crippen LogP contribution in [0.2, 0.25) is 0 Å². The lowest BCUT2D eigenvalue weighted by Crippen LogP contribution is -2.54. The molecule has 8 heteroatoms. The first-order valence-corrected chi connectivity index (χ1v) is 10.6. The van der Waals surface area contributed by atoms with Gasteiger partial charge in [0.25, 0.3) is 0 Å². The van der Waals surface area contributed by atoms with E-state index in [1.165, 1.54) is 11.8 Å². The van der Waals surface area contributed by atoms with Crippen LogP contribution in [0.3, 0.4) is 0 Å². The fourth-order valence-electron chi connectivity index (χ4n) is 3.50. The number of carbonyl (C=O) groups excluding carboxylic acids is 3. The molecule has 1 heterocycles. The van der Waals surface area contributed by atoms with E-state index in [0.29, 0.717) is 19.4 Å². The van der Waals surface area contributed by atoms with Crippen molar-refractivity contribution in [2.75, 3.05) is 6.54 Å². The van der Waals surface area contributed by atoms with Gasteiger partial charge in [-0.25, -0.2) is 9.59 Å². The minimum absolute atomic E-state index is 0.0279. The van der Waals surface area contributed by atoms with Crippen molar-refractivity contribution < 1.29 is 29.0 Å². The Morgan fingerprint density at radius 3 is 2.12 bits per heavy atom. The van der Waals surface area contributed by atoms with Gasteiger partial charge < -0.3 is 19.9 Å². The van der Waals surface area contributed by atoms with Gasteiger partial charge >= 0.3 is 12.1 Å². The molecule has 1 aliphatic heterocycles. The number of likely N-dealkylation sites (tertiary alicyclic amines) is 1. The Labute approximate surface area is 187 Å². The van der Waals surface area contributed by atoms with Gasteiger partial charge in [0.2, 0.25) is 5.91 Å². The summed E-state index contributed by atoms with van der Waals surface area (Å²) < 4.78 is 10.6. The zero-order chi connectivity index (χ0) is 22.9. The predicted molar refractivity (Wildman–Crippen MR) is 116 cm³/mol. The molecule has 0 unspecified atom stereocenters. The first-order valence-electron chi connectivity index (χ1n) is 10.6. The van der Waals surface area contributed by atoms with Crippen LogP contribution in [0.5, 0.6) is 0 Å². The summed E-state index contributed by atoms with van der Waals surface area (Å²) in [6.07, 6.45) is -0.678. The van der Waals surface area contributed by atoms with Gasteiger partial charge in [-0.05, 0) is 30.9 Å². The van der Waals surface area contributed by atoms with E-state index in [1.807, 2.05) is 48.5 Å². The molecule has 0 aliphatic carbocycles. The van der Waals surface area contributed by atoms with Crippen molar-refractivity contribution in [1.82, 2.24) is 10.2 Å². The number of hydrogen-bond donors (Lipinski definition) is 2. The first kappa shape index (κ1) is 23.3. The fraction of sp³-hybridized carbons (Fsp3) is 0.375. The molecule has 3 rings (SSSR count). The second-order valence-corrected chi connectivity index (χ2v) is 7.71. The molecule has 0 radical (unpaired) electrons. The number of ether oxygens (including phenoxy) is 2. The van der Waals surface area contributed by atoms with Gasteiger partial charge in [0.05, 0.1) is 6.10 Å². The third kappa shape index (κ3) is 6.31. The first-order chi connectivity index (χ1) is 15.5. The Morgan fingerprint density at radius 2 is 1.56 bits per heavy atom. The van der Waals surface area contributed by atoms with E-state index in [-0.39, 0.29) is 13.2 Å². The number of esters is 1. The number of carbonyl (C=O) groups is 3. The maximum Gasteiger partial charge on any atom is 0.410 e. The highest BCUT2D eigenvalue weighted by Gasteiger charge is 2.38. The standard InChI is InChI=1S/C24H28N2O6/c1-17(27)21(23(29)31-15-18-9-4-2-5-10-18)25-22(28)20-13-8-14-26(20)24(30)32-16-19-11-6-3-7-12-19/h2-7,9-12,17,20-21,27H,8,13-16H2,1H3,(H,25,28)/t17-,20-,21+/m0/s1. The Kier molecular flexibility index (Phi) is 8.21. The van der Waals surface area contributed by atoms with Crippen molar-refractivity contribution >= 4 is 18.0 Å². The molecule has 3 atom stereocenters. The normalized spacial score (nSPS) is 17.3. The molecule has 2 amide bonds. The van der Waals surface area contributed by atoms with E-state index in [2.05, 4.69) is 5.32 Å². The molecule has 2 aromatic rings. The van der Waals surface area contributed by atoms with Gasteiger partial charge in [0.15, 0.2) is 6.04 Å². The zero-order valence-corrected chi connectivity index (χ0v) is 18.0. The van der Waals surface area contributed by atoms with Crippen molar-refractivity contribution in [3.63, 3.8) is 0 Å². The molecule has 32 heavy (non-hydrogen) atoms. The van der Waals surface area contributed by atoms with Gasteiger partial charge in [0.1, 0.15) is 19.3 Å². The average molecular weight is 440 g/mol. The second kappa shape index (κ2) is 11.3. The van der Waals surface area contributed by atoms with Crippen LogP contribution in [0.4, 0.5) is 4.79 Å². The van der Waals surface area contributed by atoms with E-state index in [4.69, 9.17) is 9.47 Å². The summed E-state index contributed by atoms with van der Waals surface area (Å²) in [7, 11) is 0. The molecule has 0 spiro atoms. The molecule has 2 N–H and O–H groups in total. The van der Waals surface area contributed by atoms with Gasteiger partial charge in [-0.3, -0.25) is 9.69 Å². The van der Waals surface area contributed by atoms with Crippen LogP contribution in [-0.4, -0.2) is 52.7 Å². The molecule has 1 saturated heterocycles. The Bertz CT molecular complexity index is 903. The van der Waals surface area contributed by atoms with Crippen molar-refractivity contribution in [3.8, 4) is 0 Å². The number of rotatable bonds is 8. The van der Waals surface area contributed by atoms with E-state index in [0.717, 1.165) is 11.1 Å². The molecule has 0 saturated carbocycles. The lowest BCUT2D eigenvalue weighted by molar-refractivity contribution is -0.152. The summed E-state index contributed by atoms with van der Waals surface area (Å²) >= 11 is 0. The van der Waals surface area contributed by atoms with E-state index in [1.54, 1.807) is 12.1 Å². The molecule has 170 valence electrons. The van der Waals surface area contributed by atoms with Crippen molar-refractivity contribution in [2.24, 2.45) is 0 Å². The quantitative estimate of drug-likeness (QED) is 0.611. The number of aliphatic hydroxyl groups is 1. The largest absolute Gasteiger partial charge is 0.459 e. The SMILES string of the molecule is C[C@H](O)[C@@H](NC(=O)[C@@H]1CCCN1C(=O)OCc1ccccc1)C(=O)OCc1ccccc1. The topological polar surface area (TPSA) is 105 Å². The molecule has 8 nitrogen and oxygen atoms in total. The minimum Gasteiger partial charge on any atom is -0.459 e. The Morgan fingerprint density at radius 1 is 1.00 bits per heavy atom. The molecule has 1 aliphatic rings.